The van der Waals surface area contributed by atoms with Crippen LogP contribution in [0, 0.1) is 0 Å². The van der Waals surface area contributed by atoms with Gasteiger partial charge in [0.05, 0.1) is 7.11 Å². The predicted molar refractivity (Wildman–Crippen MR) is 58.1 cm³/mol. The number of halogens is 1. The van der Waals surface area contributed by atoms with Crippen molar-refractivity contribution in [1.29, 1.82) is 0 Å². The van der Waals surface area contributed by atoms with E-state index in [2.05, 4.69) is 14.7 Å². The molecule has 0 aromatic carbocycles. The number of carbonyl (C=O) groups excluding carboxylic acids is 1. The summed E-state index contributed by atoms with van der Waals surface area (Å²) in [5, 5.41) is 0.903. The standard InChI is InChI=1S/C10H8N2O2.ClH/c1-14-10(13)8-5-4-7-3-2-6-11-9(7)12-8;/h2-6H,1H3;1H. The Morgan fingerprint density at radius 3 is 2.87 bits per heavy atom. The van der Waals surface area contributed by atoms with E-state index in [9.17, 15) is 4.79 Å². The molecule has 78 valence electrons. The van der Waals surface area contributed by atoms with E-state index in [0.717, 1.165) is 5.39 Å². The quantitative estimate of drug-likeness (QED) is 0.694. The fraction of sp³-hybridized carbons (Fsp3) is 0.100. The van der Waals surface area contributed by atoms with Gasteiger partial charge in [-0.3, -0.25) is 0 Å². The highest BCUT2D eigenvalue weighted by atomic mass is 35.5. The summed E-state index contributed by atoms with van der Waals surface area (Å²) < 4.78 is 4.56. The van der Waals surface area contributed by atoms with E-state index >= 15 is 0 Å². The van der Waals surface area contributed by atoms with Crippen molar-refractivity contribution in [3.8, 4) is 0 Å². The summed E-state index contributed by atoms with van der Waals surface area (Å²) in [5.41, 5.74) is 0.828. The second kappa shape index (κ2) is 4.70. The van der Waals surface area contributed by atoms with E-state index in [1.54, 1.807) is 18.3 Å². The molecule has 4 nitrogen and oxygen atoms in total. The summed E-state index contributed by atoms with van der Waals surface area (Å²) in [6, 6.07) is 7.12. The van der Waals surface area contributed by atoms with Crippen molar-refractivity contribution >= 4 is 29.4 Å². The van der Waals surface area contributed by atoms with Gasteiger partial charge in [0.2, 0.25) is 0 Å². The maximum absolute atomic E-state index is 11.1. The van der Waals surface area contributed by atoms with Crippen molar-refractivity contribution in [2.24, 2.45) is 0 Å². The minimum Gasteiger partial charge on any atom is -0.464 e. The average Bonchev–Trinajstić information content (AvgIpc) is 2.27. The molecule has 2 aromatic rings. The lowest BCUT2D eigenvalue weighted by Gasteiger charge is -1.99. The fourth-order valence-electron chi connectivity index (χ4n) is 1.17. The molecule has 2 aromatic heterocycles. The third-order valence-electron chi connectivity index (χ3n) is 1.86. The number of fused-ring (bicyclic) bond motifs is 1. The molecule has 0 saturated carbocycles. The van der Waals surface area contributed by atoms with Gasteiger partial charge in [-0.2, -0.15) is 0 Å². The first-order valence-electron chi connectivity index (χ1n) is 4.11. The van der Waals surface area contributed by atoms with Gasteiger partial charge in [-0.1, -0.05) is 0 Å². The SMILES string of the molecule is COC(=O)c1ccc2cccnc2n1.Cl. The van der Waals surface area contributed by atoms with Crippen molar-refractivity contribution in [3.63, 3.8) is 0 Å². The minimum absolute atomic E-state index is 0. The summed E-state index contributed by atoms with van der Waals surface area (Å²) >= 11 is 0. The number of ether oxygens (including phenoxy) is 1. The summed E-state index contributed by atoms with van der Waals surface area (Å²) in [4.78, 5) is 19.2. The van der Waals surface area contributed by atoms with Gasteiger partial charge in [0, 0.05) is 11.6 Å². The Labute approximate surface area is 92.7 Å². The number of nitrogens with zero attached hydrogens (tertiary/aromatic N) is 2. The monoisotopic (exact) mass is 224 g/mol. The highest BCUT2D eigenvalue weighted by molar-refractivity contribution is 5.90. The van der Waals surface area contributed by atoms with E-state index in [1.165, 1.54) is 7.11 Å². The summed E-state index contributed by atoms with van der Waals surface area (Å²) in [6.07, 6.45) is 1.64. The number of methoxy groups -OCH3 is 1. The minimum atomic E-state index is -0.447. The van der Waals surface area contributed by atoms with Crippen LogP contribution in [0.4, 0.5) is 0 Å². The Kier molecular flexibility index (Phi) is 3.57. The third-order valence-corrected chi connectivity index (χ3v) is 1.86. The predicted octanol–water partition coefficient (Wildman–Crippen LogP) is 1.84. The first-order valence-corrected chi connectivity index (χ1v) is 4.11. The van der Waals surface area contributed by atoms with Crippen LogP contribution in [0.3, 0.4) is 0 Å². The highest BCUT2D eigenvalue weighted by Crippen LogP contribution is 2.09. The molecule has 0 atom stereocenters. The first-order chi connectivity index (χ1) is 6.81. The summed E-state index contributed by atoms with van der Waals surface area (Å²) in [7, 11) is 1.33. The third kappa shape index (κ3) is 2.22. The van der Waals surface area contributed by atoms with Gasteiger partial charge in [0.15, 0.2) is 11.3 Å². The van der Waals surface area contributed by atoms with Gasteiger partial charge < -0.3 is 4.74 Å². The molecular weight excluding hydrogens is 216 g/mol. The van der Waals surface area contributed by atoms with Gasteiger partial charge in [0.25, 0.3) is 0 Å². The highest BCUT2D eigenvalue weighted by Gasteiger charge is 2.07. The van der Waals surface area contributed by atoms with Crippen LogP contribution in [-0.2, 0) is 4.74 Å². The topological polar surface area (TPSA) is 52.1 Å². The zero-order valence-corrected chi connectivity index (χ0v) is 8.82. The molecule has 0 spiro atoms. The van der Waals surface area contributed by atoms with Gasteiger partial charge >= 0.3 is 5.97 Å². The number of hydrogen-bond acceptors (Lipinski definition) is 4. The zero-order chi connectivity index (χ0) is 9.97. The summed E-state index contributed by atoms with van der Waals surface area (Å²) in [6.45, 7) is 0. The van der Waals surface area contributed by atoms with Gasteiger partial charge in [0.1, 0.15) is 0 Å². The van der Waals surface area contributed by atoms with Gasteiger partial charge in [-0.05, 0) is 24.3 Å². The fourth-order valence-corrected chi connectivity index (χ4v) is 1.17. The molecule has 2 rings (SSSR count). The molecule has 0 aliphatic carbocycles. The van der Waals surface area contributed by atoms with Crippen LogP contribution >= 0.6 is 12.4 Å². The lowest BCUT2D eigenvalue weighted by atomic mass is 10.2. The van der Waals surface area contributed by atoms with E-state index < -0.39 is 5.97 Å². The van der Waals surface area contributed by atoms with Gasteiger partial charge in [-0.25, -0.2) is 14.8 Å². The summed E-state index contributed by atoms with van der Waals surface area (Å²) in [5.74, 6) is -0.447. The second-order valence-corrected chi connectivity index (χ2v) is 2.74. The van der Waals surface area contributed by atoms with Crippen molar-refractivity contribution in [3.05, 3.63) is 36.2 Å². The number of rotatable bonds is 1. The number of aromatic nitrogens is 2. The van der Waals surface area contributed by atoms with Crippen LogP contribution in [0.25, 0.3) is 11.0 Å². The molecular formula is C10H9ClN2O2. The molecule has 0 N–H and O–H groups in total. The average molecular weight is 225 g/mol. The molecule has 0 radical (unpaired) electrons. The molecule has 0 unspecified atom stereocenters. The molecule has 0 saturated heterocycles. The Morgan fingerprint density at radius 1 is 1.33 bits per heavy atom. The van der Waals surface area contributed by atoms with Crippen LogP contribution < -0.4 is 0 Å². The Morgan fingerprint density at radius 2 is 2.13 bits per heavy atom. The van der Waals surface area contributed by atoms with Crippen molar-refractivity contribution in [2.75, 3.05) is 7.11 Å². The zero-order valence-electron chi connectivity index (χ0n) is 8.01. The normalized spacial score (nSPS) is 9.40. The number of esters is 1. The van der Waals surface area contributed by atoms with Crippen molar-refractivity contribution in [1.82, 2.24) is 9.97 Å². The van der Waals surface area contributed by atoms with Crippen LogP contribution in [0.5, 0.6) is 0 Å². The molecule has 0 aliphatic rings. The number of hydrogen-bond donors (Lipinski definition) is 0. The second-order valence-electron chi connectivity index (χ2n) is 2.74. The number of pyridine rings is 2. The van der Waals surface area contributed by atoms with Crippen molar-refractivity contribution in [2.45, 2.75) is 0 Å². The van der Waals surface area contributed by atoms with Crippen molar-refractivity contribution < 1.29 is 9.53 Å². The van der Waals surface area contributed by atoms with Crippen LogP contribution in [0.2, 0.25) is 0 Å². The van der Waals surface area contributed by atoms with E-state index in [1.807, 2.05) is 12.1 Å². The smallest absolute Gasteiger partial charge is 0.356 e. The molecule has 2 heterocycles. The molecule has 0 fully saturated rings. The Balaban J connectivity index is 0.00000112. The van der Waals surface area contributed by atoms with E-state index in [4.69, 9.17) is 0 Å². The molecule has 15 heavy (non-hydrogen) atoms. The van der Waals surface area contributed by atoms with Crippen LogP contribution in [0.15, 0.2) is 30.5 Å². The van der Waals surface area contributed by atoms with Crippen LogP contribution in [0.1, 0.15) is 10.5 Å². The lowest BCUT2D eigenvalue weighted by molar-refractivity contribution is 0.0594. The molecule has 0 bridgehead atoms. The maximum Gasteiger partial charge on any atom is 0.356 e. The molecule has 0 amide bonds. The van der Waals surface area contributed by atoms with Crippen LogP contribution in [-0.4, -0.2) is 23.0 Å². The van der Waals surface area contributed by atoms with E-state index in [-0.39, 0.29) is 18.1 Å². The van der Waals surface area contributed by atoms with E-state index in [0.29, 0.717) is 5.65 Å². The molecule has 5 heteroatoms. The van der Waals surface area contributed by atoms with Gasteiger partial charge in [-0.15, -0.1) is 12.4 Å². The molecule has 0 aliphatic heterocycles. The number of carbonyl (C=O) groups is 1. The first kappa shape index (κ1) is 11.4. The maximum atomic E-state index is 11.1. The Bertz CT molecular complexity index is 488. The largest absolute Gasteiger partial charge is 0.464 e. The Hall–Kier alpha value is -1.68. The lowest BCUT2D eigenvalue weighted by Crippen LogP contribution is -2.04.